The summed E-state index contributed by atoms with van der Waals surface area (Å²) in [6.45, 7) is 2.20. The summed E-state index contributed by atoms with van der Waals surface area (Å²) in [6.07, 6.45) is -1.90. The van der Waals surface area contributed by atoms with Gasteiger partial charge in [0.05, 0.1) is 11.3 Å². The van der Waals surface area contributed by atoms with E-state index < -0.39 is 11.7 Å². The minimum absolute atomic E-state index is 0.0108. The maximum absolute atomic E-state index is 13.0. The number of halogens is 4. The molecule has 1 fully saturated rings. The Bertz CT molecular complexity index is 510. The second-order valence-corrected chi connectivity index (χ2v) is 5.25. The van der Waals surface area contributed by atoms with E-state index in [-0.39, 0.29) is 16.3 Å². The van der Waals surface area contributed by atoms with Crippen molar-refractivity contribution in [2.45, 2.75) is 32.4 Å². The smallest absolute Gasteiger partial charge is 0.395 e. The van der Waals surface area contributed by atoms with Crippen molar-refractivity contribution in [2.24, 2.45) is 11.1 Å². The Balaban J connectivity index is 2.28. The van der Waals surface area contributed by atoms with Crippen LogP contribution in [-0.2, 0) is 11.0 Å². The molecule has 0 saturated heterocycles. The lowest BCUT2D eigenvalue weighted by atomic mass is 10.0. The highest BCUT2D eigenvalue weighted by molar-refractivity contribution is 6.31. The Morgan fingerprint density at radius 1 is 1.40 bits per heavy atom. The van der Waals surface area contributed by atoms with Gasteiger partial charge >= 0.3 is 6.18 Å². The normalized spacial score (nSPS) is 16.4. The monoisotopic (exact) mass is 305 g/mol. The highest BCUT2D eigenvalue weighted by Gasteiger charge is 2.34. The van der Waals surface area contributed by atoms with E-state index in [1.807, 2.05) is 0 Å². The minimum atomic E-state index is -4.44. The van der Waals surface area contributed by atoms with Crippen molar-refractivity contribution in [3.63, 3.8) is 0 Å². The first-order valence-corrected chi connectivity index (χ1v) is 6.85. The number of rotatable bonds is 5. The molecule has 0 unspecified atom stereocenters. The second-order valence-electron chi connectivity index (χ2n) is 4.82. The molecule has 0 spiro atoms. The zero-order chi connectivity index (χ0) is 14.8. The number of nitrogens with zero attached hydrogens (tertiary/aromatic N) is 1. The summed E-state index contributed by atoms with van der Waals surface area (Å²) in [5, 5.41) is 4.11. The van der Waals surface area contributed by atoms with Crippen molar-refractivity contribution in [1.82, 2.24) is 0 Å². The van der Waals surface area contributed by atoms with Crippen molar-refractivity contribution < 1.29 is 18.0 Å². The zero-order valence-electron chi connectivity index (χ0n) is 11.0. The third-order valence-corrected chi connectivity index (χ3v) is 3.35. The quantitative estimate of drug-likeness (QED) is 0.560. The summed E-state index contributed by atoms with van der Waals surface area (Å²) in [5.41, 5.74) is -0.485. The van der Waals surface area contributed by atoms with Crippen molar-refractivity contribution >= 4 is 17.3 Å². The molecule has 0 aromatic heterocycles. The highest BCUT2D eigenvalue weighted by Crippen LogP contribution is 2.34. The van der Waals surface area contributed by atoms with Crippen LogP contribution in [0.25, 0.3) is 0 Å². The number of oxime groups is 1. The first-order valence-electron chi connectivity index (χ1n) is 6.47. The predicted molar refractivity (Wildman–Crippen MR) is 72.0 cm³/mol. The van der Waals surface area contributed by atoms with Gasteiger partial charge in [-0.05, 0) is 43.4 Å². The summed E-state index contributed by atoms with van der Waals surface area (Å²) in [6, 6.07) is 3.49. The Morgan fingerprint density at radius 2 is 2.10 bits per heavy atom. The van der Waals surface area contributed by atoms with E-state index in [4.69, 9.17) is 16.4 Å². The molecule has 0 radical (unpaired) electrons. The minimum Gasteiger partial charge on any atom is -0.395 e. The molecule has 110 valence electrons. The summed E-state index contributed by atoms with van der Waals surface area (Å²) >= 11 is 5.80. The van der Waals surface area contributed by atoms with E-state index >= 15 is 0 Å². The fraction of sp³-hybridized carbons (Fsp3) is 0.500. The van der Waals surface area contributed by atoms with Gasteiger partial charge in [-0.3, -0.25) is 0 Å². The Kier molecular flexibility index (Phi) is 4.58. The largest absolute Gasteiger partial charge is 0.417 e. The molecule has 2 nitrogen and oxygen atoms in total. The molecular formula is C14H15ClF3NO. The molecule has 1 aromatic rings. The van der Waals surface area contributed by atoms with Gasteiger partial charge in [-0.1, -0.05) is 23.7 Å². The first-order chi connectivity index (χ1) is 9.41. The summed E-state index contributed by atoms with van der Waals surface area (Å²) in [5.74, 6) is 0.498. The number of hydrogen-bond acceptors (Lipinski definition) is 2. The molecule has 6 heteroatoms. The third kappa shape index (κ3) is 3.88. The lowest BCUT2D eigenvalue weighted by Crippen LogP contribution is -2.13. The highest BCUT2D eigenvalue weighted by atomic mass is 35.5. The number of hydrogen-bond donors (Lipinski definition) is 0. The van der Waals surface area contributed by atoms with E-state index in [9.17, 15) is 13.2 Å². The Morgan fingerprint density at radius 3 is 2.65 bits per heavy atom. The molecule has 0 amide bonds. The van der Waals surface area contributed by atoms with Gasteiger partial charge in [-0.25, -0.2) is 0 Å². The number of alkyl halides is 3. The predicted octanol–water partition coefficient (Wildman–Crippen LogP) is 4.90. The topological polar surface area (TPSA) is 21.6 Å². The molecule has 1 aliphatic carbocycles. The Labute approximate surface area is 120 Å². The first kappa shape index (κ1) is 15.2. The van der Waals surface area contributed by atoms with Gasteiger partial charge in [0.1, 0.15) is 6.61 Å². The van der Waals surface area contributed by atoms with E-state index in [1.54, 1.807) is 6.92 Å². The Hall–Kier alpha value is -1.23. The molecule has 0 atom stereocenters. The zero-order valence-corrected chi connectivity index (χ0v) is 11.8. The van der Waals surface area contributed by atoms with E-state index in [0.29, 0.717) is 18.9 Å². The maximum Gasteiger partial charge on any atom is 0.417 e. The van der Waals surface area contributed by atoms with Crippen LogP contribution in [0.5, 0.6) is 0 Å². The lowest BCUT2D eigenvalue weighted by Gasteiger charge is -2.14. The maximum atomic E-state index is 13.0. The van der Waals surface area contributed by atoms with Crippen LogP contribution in [-0.4, -0.2) is 12.3 Å². The van der Waals surface area contributed by atoms with Gasteiger partial charge in [-0.15, -0.1) is 0 Å². The van der Waals surface area contributed by atoms with Gasteiger partial charge in [0.15, 0.2) is 0 Å². The lowest BCUT2D eigenvalue weighted by molar-refractivity contribution is -0.137. The van der Waals surface area contributed by atoms with Crippen LogP contribution in [0.4, 0.5) is 13.2 Å². The van der Waals surface area contributed by atoms with Crippen LogP contribution >= 0.6 is 11.6 Å². The number of benzene rings is 1. The van der Waals surface area contributed by atoms with Gasteiger partial charge in [0, 0.05) is 10.6 Å². The van der Waals surface area contributed by atoms with Crippen molar-refractivity contribution in [3.8, 4) is 0 Å². The fourth-order valence-electron chi connectivity index (χ4n) is 1.81. The average molecular weight is 306 g/mol. The van der Waals surface area contributed by atoms with Gasteiger partial charge in [0.25, 0.3) is 0 Å². The molecular weight excluding hydrogens is 291 g/mol. The SMILES string of the molecule is CCC(=NOCC1CC1)c1cc(Cl)ccc1C(F)(F)F. The fourth-order valence-corrected chi connectivity index (χ4v) is 1.98. The van der Waals surface area contributed by atoms with Crippen LogP contribution in [0.15, 0.2) is 23.4 Å². The molecule has 20 heavy (non-hydrogen) atoms. The van der Waals surface area contributed by atoms with Crippen LogP contribution in [0.1, 0.15) is 37.3 Å². The standard InChI is InChI=1S/C14H15ClF3NO/c1-2-13(19-20-8-9-3-4-9)11-7-10(15)5-6-12(11)14(16,17)18/h5-7,9H,2-4,8H2,1H3. The molecule has 1 aliphatic rings. The molecule has 0 aliphatic heterocycles. The summed E-state index contributed by atoms with van der Waals surface area (Å²) in [4.78, 5) is 5.15. The van der Waals surface area contributed by atoms with Gasteiger partial charge in [-0.2, -0.15) is 13.2 Å². The van der Waals surface area contributed by atoms with Crippen LogP contribution in [0, 0.1) is 5.92 Å². The van der Waals surface area contributed by atoms with Gasteiger partial charge < -0.3 is 4.84 Å². The molecule has 0 bridgehead atoms. The summed E-state index contributed by atoms with van der Waals surface area (Å²) in [7, 11) is 0. The van der Waals surface area contributed by atoms with Crippen LogP contribution < -0.4 is 0 Å². The van der Waals surface area contributed by atoms with Crippen molar-refractivity contribution in [3.05, 3.63) is 34.3 Å². The van der Waals surface area contributed by atoms with Crippen LogP contribution in [0.3, 0.4) is 0 Å². The third-order valence-electron chi connectivity index (χ3n) is 3.11. The van der Waals surface area contributed by atoms with Gasteiger partial charge in [0.2, 0.25) is 0 Å². The molecule has 1 saturated carbocycles. The molecule has 1 aromatic carbocycles. The molecule has 0 N–H and O–H groups in total. The second kappa shape index (κ2) is 6.04. The molecule has 2 rings (SSSR count). The van der Waals surface area contributed by atoms with Crippen molar-refractivity contribution in [1.29, 1.82) is 0 Å². The average Bonchev–Trinajstić information content (AvgIpc) is 3.17. The molecule has 0 heterocycles. The van der Waals surface area contributed by atoms with Crippen molar-refractivity contribution in [2.75, 3.05) is 6.61 Å². The van der Waals surface area contributed by atoms with E-state index in [2.05, 4.69) is 5.16 Å². The van der Waals surface area contributed by atoms with E-state index in [1.165, 1.54) is 12.1 Å². The van der Waals surface area contributed by atoms with Crippen LogP contribution in [0.2, 0.25) is 5.02 Å². The summed E-state index contributed by atoms with van der Waals surface area (Å²) < 4.78 is 39.0. The van der Waals surface area contributed by atoms with E-state index in [0.717, 1.165) is 18.9 Å².